The highest BCUT2D eigenvalue weighted by molar-refractivity contribution is 5.99. The molecule has 2 aromatic rings. The summed E-state index contributed by atoms with van der Waals surface area (Å²) in [6.07, 6.45) is 2.66. The number of hydrogen-bond acceptors (Lipinski definition) is 8. The van der Waals surface area contributed by atoms with Crippen LogP contribution < -0.4 is 10.2 Å². The van der Waals surface area contributed by atoms with Gasteiger partial charge in [-0.05, 0) is 69.7 Å². The van der Waals surface area contributed by atoms with Gasteiger partial charge in [-0.1, -0.05) is 34.6 Å². The SMILES string of the molecule is COCCCNc1nc(C(C)(C)C)ncc1C(=O)N(CC(C)C)[C@H]1C[C@@H](C(=O)N2CCc3cc(F)ccc32)CN(C(=O)OC(C)(C)C)C1. The van der Waals surface area contributed by atoms with Crippen LogP contribution in [0, 0.1) is 17.7 Å². The van der Waals surface area contributed by atoms with Gasteiger partial charge in [0.15, 0.2) is 0 Å². The number of nitrogens with zero attached hydrogens (tertiary/aromatic N) is 5. The summed E-state index contributed by atoms with van der Waals surface area (Å²) < 4.78 is 24.9. The fourth-order valence-corrected chi connectivity index (χ4v) is 6.18. The van der Waals surface area contributed by atoms with Crippen molar-refractivity contribution in [1.29, 1.82) is 0 Å². The van der Waals surface area contributed by atoms with Crippen molar-refractivity contribution in [3.05, 3.63) is 47.2 Å². The molecule has 0 bridgehead atoms. The molecule has 4 rings (SSSR count). The Morgan fingerprint density at radius 1 is 1.12 bits per heavy atom. The third kappa shape index (κ3) is 9.21. The largest absolute Gasteiger partial charge is 0.444 e. The highest BCUT2D eigenvalue weighted by atomic mass is 19.1. The smallest absolute Gasteiger partial charge is 0.410 e. The summed E-state index contributed by atoms with van der Waals surface area (Å²) in [4.78, 5) is 56.7. The first-order valence-corrected chi connectivity index (χ1v) is 17.0. The number of methoxy groups -OCH3 is 1. The van der Waals surface area contributed by atoms with E-state index in [0.717, 1.165) is 12.0 Å². The van der Waals surface area contributed by atoms with Gasteiger partial charge in [0.1, 0.15) is 28.6 Å². The van der Waals surface area contributed by atoms with Crippen molar-refractivity contribution in [3.8, 4) is 0 Å². The van der Waals surface area contributed by atoms with Crippen molar-refractivity contribution >= 4 is 29.4 Å². The van der Waals surface area contributed by atoms with Gasteiger partial charge in [-0.25, -0.2) is 19.2 Å². The van der Waals surface area contributed by atoms with Gasteiger partial charge in [0.05, 0.1) is 12.0 Å². The van der Waals surface area contributed by atoms with Crippen LogP contribution in [0.2, 0.25) is 0 Å². The van der Waals surface area contributed by atoms with Crippen LogP contribution in [-0.2, 0) is 26.1 Å². The lowest BCUT2D eigenvalue weighted by molar-refractivity contribution is -0.124. The van der Waals surface area contributed by atoms with E-state index in [-0.39, 0.29) is 42.1 Å². The number of rotatable bonds is 10. The van der Waals surface area contributed by atoms with Crippen molar-refractivity contribution in [2.24, 2.45) is 11.8 Å². The van der Waals surface area contributed by atoms with Crippen molar-refractivity contribution in [2.45, 2.75) is 91.7 Å². The van der Waals surface area contributed by atoms with E-state index in [4.69, 9.17) is 14.5 Å². The number of benzene rings is 1. The molecule has 1 aromatic carbocycles. The molecule has 3 amide bonds. The van der Waals surface area contributed by atoms with E-state index in [9.17, 15) is 18.8 Å². The average Bonchev–Trinajstić information content (AvgIpc) is 3.42. The number of piperidine rings is 1. The van der Waals surface area contributed by atoms with Crippen molar-refractivity contribution in [2.75, 3.05) is 56.7 Å². The van der Waals surface area contributed by atoms with Gasteiger partial charge >= 0.3 is 6.09 Å². The van der Waals surface area contributed by atoms with E-state index >= 15 is 0 Å². The molecule has 0 saturated carbocycles. The van der Waals surface area contributed by atoms with Crippen molar-refractivity contribution in [1.82, 2.24) is 19.8 Å². The Bertz CT molecular complexity index is 1470. The molecule has 0 unspecified atom stereocenters. The van der Waals surface area contributed by atoms with Gasteiger partial charge in [0.2, 0.25) is 5.91 Å². The van der Waals surface area contributed by atoms with Crippen molar-refractivity contribution in [3.63, 3.8) is 0 Å². The first-order valence-electron chi connectivity index (χ1n) is 17.0. The van der Waals surface area contributed by atoms with Gasteiger partial charge in [-0.15, -0.1) is 0 Å². The number of carbonyl (C=O) groups excluding carboxylic acids is 3. The lowest BCUT2D eigenvalue weighted by atomic mass is 9.91. The van der Waals surface area contributed by atoms with Crippen molar-refractivity contribution < 1.29 is 28.2 Å². The molecule has 11 nitrogen and oxygen atoms in total. The van der Waals surface area contributed by atoms with Gasteiger partial charge < -0.3 is 29.5 Å². The number of amides is 3. The minimum absolute atomic E-state index is 0.0910. The zero-order valence-corrected chi connectivity index (χ0v) is 30.1. The second-order valence-corrected chi connectivity index (χ2v) is 15.3. The second kappa shape index (κ2) is 15.2. The van der Waals surface area contributed by atoms with Crippen LogP contribution in [0.3, 0.4) is 0 Å². The molecule has 3 heterocycles. The molecule has 0 spiro atoms. The van der Waals surface area contributed by atoms with Crippen LogP contribution in [0.15, 0.2) is 24.4 Å². The van der Waals surface area contributed by atoms with Crippen LogP contribution in [0.1, 0.15) is 90.0 Å². The standard InChI is InChI=1S/C36H53FN6O5/c1-23(2)20-43(32(45)28-19-39-33(35(3,4)5)40-30(28)38-14-10-16-47-9)27-18-25(21-41(22-27)34(46)48-36(6,7)8)31(44)42-15-13-24-17-26(37)11-12-29(24)42/h11-12,17,19,23,25,27H,10,13-16,18,20-22H2,1-9H3,(H,38,39,40)/t25-,27+/m1/s1. The Morgan fingerprint density at radius 2 is 1.85 bits per heavy atom. The lowest BCUT2D eigenvalue weighted by Gasteiger charge is -2.43. The fourth-order valence-electron chi connectivity index (χ4n) is 6.18. The molecule has 48 heavy (non-hydrogen) atoms. The predicted octanol–water partition coefficient (Wildman–Crippen LogP) is 5.67. The maximum absolute atomic E-state index is 14.6. The molecule has 1 fully saturated rings. The normalized spacial score (nSPS) is 18.1. The van der Waals surface area contributed by atoms with E-state index < -0.39 is 23.7 Å². The highest BCUT2D eigenvalue weighted by Crippen LogP contribution is 2.33. The molecular weight excluding hydrogens is 615 g/mol. The summed E-state index contributed by atoms with van der Waals surface area (Å²) in [5, 5.41) is 3.33. The van der Waals surface area contributed by atoms with Gasteiger partial charge in [0, 0.05) is 63.7 Å². The van der Waals surface area contributed by atoms with E-state index in [2.05, 4.69) is 10.3 Å². The topological polar surface area (TPSA) is 117 Å². The van der Waals surface area contributed by atoms with E-state index in [1.54, 1.807) is 54.8 Å². The molecule has 2 atom stereocenters. The number of likely N-dealkylation sites (tertiary alicyclic amines) is 1. The summed E-state index contributed by atoms with van der Waals surface area (Å²) in [5.41, 5.74) is 0.703. The Labute approximate surface area is 284 Å². The monoisotopic (exact) mass is 668 g/mol. The zero-order valence-electron chi connectivity index (χ0n) is 30.1. The molecule has 2 aliphatic rings. The molecule has 1 N–H and O–H groups in total. The Kier molecular flexibility index (Phi) is 11.7. The summed E-state index contributed by atoms with van der Waals surface area (Å²) >= 11 is 0. The van der Waals surface area contributed by atoms with Crippen LogP contribution >= 0.6 is 0 Å². The molecular formula is C36H53FN6O5. The number of ether oxygens (including phenoxy) is 2. The molecule has 0 aliphatic carbocycles. The van der Waals surface area contributed by atoms with E-state index in [1.807, 2.05) is 34.6 Å². The van der Waals surface area contributed by atoms with E-state index in [1.165, 1.54) is 12.1 Å². The van der Waals surface area contributed by atoms with Crippen LogP contribution in [0.4, 0.5) is 20.7 Å². The Balaban J connectivity index is 1.70. The number of hydrogen-bond donors (Lipinski definition) is 1. The molecule has 1 aromatic heterocycles. The summed E-state index contributed by atoms with van der Waals surface area (Å²) in [5.74, 6) is -0.246. The first-order chi connectivity index (χ1) is 22.5. The van der Waals surface area contributed by atoms with Gasteiger partial charge in [-0.2, -0.15) is 0 Å². The number of anilines is 2. The second-order valence-electron chi connectivity index (χ2n) is 15.3. The summed E-state index contributed by atoms with van der Waals surface area (Å²) in [7, 11) is 1.65. The first kappa shape index (κ1) is 37.0. The van der Waals surface area contributed by atoms with Crippen LogP contribution in [0.25, 0.3) is 0 Å². The third-order valence-electron chi connectivity index (χ3n) is 8.40. The maximum Gasteiger partial charge on any atom is 0.410 e. The number of aromatic nitrogens is 2. The van der Waals surface area contributed by atoms with Gasteiger partial charge in [0.25, 0.3) is 5.91 Å². The summed E-state index contributed by atoms with van der Waals surface area (Å²) in [6, 6.07) is 3.97. The number of carbonyl (C=O) groups is 3. The van der Waals surface area contributed by atoms with Crippen LogP contribution in [0.5, 0.6) is 0 Å². The predicted molar refractivity (Wildman–Crippen MR) is 184 cm³/mol. The van der Waals surface area contributed by atoms with Gasteiger partial charge in [-0.3, -0.25) is 9.59 Å². The Morgan fingerprint density at radius 3 is 2.50 bits per heavy atom. The number of nitrogens with one attached hydrogen (secondary N) is 1. The zero-order chi connectivity index (χ0) is 35.4. The highest BCUT2D eigenvalue weighted by Gasteiger charge is 2.42. The molecule has 2 aliphatic heterocycles. The third-order valence-corrected chi connectivity index (χ3v) is 8.40. The molecule has 0 radical (unpaired) electrons. The Hall–Kier alpha value is -3.80. The molecule has 264 valence electrons. The molecule has 1 saturated heterocycles. The maximum atomic E-state index is 14.6. The van der Waals surface area contributed by atoms with E-state index in [0.29, 0.717) is 62.0 Å². The minimum atomic E-state index is -0.746. The summed E-state index contributed by atoms with van der Waals surface area (Å²) in [6.45, 7) is 17.8. The average molecular weight is 669 g/mol. The molecule has 12 heteroatoms. The number of halogens is 1. The fraction of sp³-hybridized carbons (Fsp3) is 0.639. The lowest BCUT2D eigenvalue weighted by Crippen LogP contribution is -2.58. The van der Waals surface area contributed by atoms with Crippen LogP contribution in [-0.4, -0.2) is 95.8 Å². The minimum Gasteiger partial charge on any atom is -0.444 e. The quantitative estimate of drug-likeness (QED) is 0.322. The number of fused-ring (bicyclic) bond motifs is 1.